The lowest BCUT2D eigenvalue weighted by Crippen LogP contribution is -2.22. The number of rotatable bonds is 6. The van der Waals surface area contributed by atoms with E-state index in [-0.39, 0.29) is 5.91 Å². The number of nitrogens with one attached hydrogen (secondary N) is 1. The molecule has 0 saturated carbocycles. The highest BCUT2D eigenvalue weighted by Gasteiger charge is 1.94. The molecule has 0 bridgehead atoms. The number of carbonyl (C=O) groups is 1. The van der Waals surface area contributed by atoms with Gasteiger partial charge >= 0.3 is 0 Å². The van der Waals surface area contributed by atoms with E-state index in [2.05, 4.69) is 5.32 Å². The second-order valence-electron chi connectivity index (χ2n) is 3.67. The van der Waals surface area contributed by atoms with Crippen LogP contribution in [-0.2, 0) is 4.79 Å². The Morgan fingerprint density at radius 3 is 2.65 bits per heavy atom. The molecular weight excluding hydrogens is 236 g/mol. The first kappa shape index (κ1) is 13.7. The molecular formula is C13H17ClN2O. The average molecular weight is 253 g/mol. The highest BCUT2D eigenvalue weighted by molar-refractivity contribution is 6.30. The first-order chi connectivity index (χ1) is 8.22. The zero-order valence-electron chi connectivity index (χ0n) is 9.66. The average Bonchev–Trinajstić information content (AvgIpc) is 2.34. The Balaban J connectivity index is 2.32. The number of unbranched alkanes of at least 4 members (excludes halogenated alkanes) is 1. The number of halogens is 1. The summed E-state index contributed by atoms with van der Waals surface area (Å²) in [5, 5.41) is 3.48. The molecule has 0 aliphatic rings. The van der Waals surface area contributed by atoms with Crippen molar-refractivity contribution in [1.29, 1.82) is 0 Å². The molecule has 0 unspecified atom stereocenters. The van der Waals surface area contributed by atoms with Gasteiger partial charge < -0.3 is 11.1 Å². The quantitative estimate of drug-likeness (QED) is 0.603. The second-order valence-corrected chi connectivity index (χ2v) is 4.11. The number of nitrogens with two attached hydrogens (primary N) is 1. The lowest BCUT2D eigenvalue weighted by molar-refractivity contribution is -0.116. The molecule has 0 atom stereocenters. The summed E-state index contributed by atoms with van der Waals surface area (Å²) in [5.74, 6) is -0.0861. The summed E-state index contributed by atoms with van der Waals surface area (Å²) in [6.45, 7) is 1.33. The van der Waals surface area contributed by atoms with E-state index in [4.69, 9.17) is 17.3 Å². The van der Waals surface area contributed by atoms with Crippen molar-refractivity contribution in [2.45, 2.75) is 12.8 Å². The van der Waals surface area contributed by atoms with Crippen molar-refractivity contribution in [2.75, 3.05) is 13.1 Å². The highest BCUT2D eigenvalue weighted by atomic mass is 35.5. The van der Waals surface area contributed by atoms with Crippen LogP contribution >= 0.6 is 11.6 Å². The van der Waals surface area contributed by atoms with Crippen molar-refractivity contribution in [3.63, 3.8) is 0 Å². The lowest BCUT2D eigenvalue weighted by atomic mass is 10.2. The van der Waals surface area contributed by atoms with Crippen LogP contribution in [0, 0.1) is 0 Å². The van der Waals surface area contributed by atoms with Crippen LogP contribution in [0.5, 0.6) is 0 Å². The highest BCUT2D eigenvalue weighted by Crippen LogP contribution is 2.10. The van der Waals surface area contributed by atoms with Gasteiger partial charge in [-0.25, -0.2) is 0 Å². The summed E-state index contributed by atoms with van der Waals surface area (Å²) >= 11 is 5.76. The molecule has 4 heteroatoms. The molecule has 0 fully saturated rings. The normalized spacial score (nSPS) is 10.7. The Bertz CT molecular complexity index is 374. The minimum absolute atomic E-state index is 0.0861. The molecule has 0 aliphatic carbocycles. The molecule has 1 amide bonds. The van der Waals surface area contributed by atoms with Gasteiger partial charge in [0.05, 0.1) is 0 Å². The van der Waals surface area contributed by atoms with Crippen LogP contribution in [0.3, 0.4) is 0 Å². The van der Waals surface area contributed by atoms with Crippen molar-refractivity contribution in [2.24, 2.45) is 5.73 Å². The maximum Gasteiger partial charge on any atom is 0.243 e. The molecule has 1 aromatic carbocycles. The number of hydrogen-bond acceptors (Lipinski definition) is 2. The first-order valence-electron chi connectivity index (χ1n) is 5.64. The van der Waals surface area contributed by atoms with E-state index in [0.717, 1.165) is 18.4 Å². The van der Waals surface area contributed by atoms with Gasteiger partial charge in [-0.2, -0.15) is 0 Å². The molecule has 0 aromatic heterocycles. The lowest BCUT2D eigenvalue weighted by Gasteiger charge is -2.00. The maximum atomic E-state index is 11.4. The van der Waals surface area contributed by atoms with E-state index in [1.54, 1.807) is 18.2 Å². The van der Waals surface area contributed by atoms with Crippen LogP contribution in [-0.4, -0.2) is 19.0 Å². The van der Waals surface area contributed by atoms with Gasteiger partial charge in [0.15, 0.2) is 0 Å². The molecule has 92 valence electrons. The zero-order chi connectivity index (χ0) is 12.5. The fourth-order valence-electron chi connectivity index (χ4n) is 1.29. The molecule has 0 radical (unpaired) electrons. The third-order valence-electron chi connectivity index (χ3n) is 2.23. The monoisotopic (exact) mass is 252 g/mol. The van der Waals surface area contributed by atoms with E-state index in [0.29, 0.717) is 18.1 Å². The number of carbonyl (C=O) groups excluding carboxylic acids is 1. The van der Waals surface area contributed by atoms with Crippen LogP contribution in [0.2, 0.25) is 5.02 Å². The predicted octanol–water partition coefficient (Wildman–Crippen LogP) is 2.21. The van der Waals surface area contributed by atoms with Crippen LogP contribution in [0.1, 0.15) is 18.4 Å². The van der Waals surface area contributed by atoms with Crippen molar-refractivity contribution < 1.29 is 4.79 Å². The molecule has 0 aliphatic heterocycles. The van der Waals surface area contributed by atoms with Crippen molar-refractivity contribution in [1.82, 2.24) is 5.32 Å². The number of amides is 1. The van der Waals surface area contributed by atoms with Gasteiger partial charge in [-0.3, -0.25) is 4.79 Å². The summed E-state index contributed by atoms with van der Waals surface area (Å²) < 4.78 is 0. The molecule has 3 nitrogen and oxygen atoms in total. The van der Waals surface area contributed by atoms with Gasteiger partial charge in [0.1, 0.15) is 0 Å². The fraction of sp³-hybridized carbons (Fsp3) is 0.308. The van der Waals surface area contributed by atoms with E-state index in [1.807, 2.05) is 12.1 Å². The summed E-state index contributed by atoms with van der Waals surface area (Å²) in [6, 6.07) is 7.31. The van der Waals surface area contributed by atoms with Crippen LogP contribution in [0.4, 0.5) is 0 Å². The molecule has 0 heterocycles. The molecule has 17 heavy (non-hydrogen) atoms. The molecule has 3 N–H and O–H groups in total. The minimum atomic E-state index is -0.0861. The summed E-state index contributed by atoms with van der Waals surface area (Å²) in [5.41, 5.74) is 6.31. The van der Waals surface area contributed by atoms with E-state index >= 15 is 0 Å². The number of benzene rings is 1. The zero-order valence-corrected chi connectivity index (χ0v) is 10.4. The van der Waals surface area contributed by atoms with Gasteiger partial charge in [-0.05, 0) is 43.2 Å². The number of hydrogen-bond donors (Lipinski definition) is 2. The topological polar surface area (TPSA) is 55.1 Å². The van der Waals surface area contributed by atoms with Crippen molar-refractivity contribution in [3.8, 4) is 0 Å². The second kappa shape index (κ2) is 7.87. The fourth-order valence-corrected chi connectivity index (χ4v) is 1.41. The largest absolute Gasteiger partial charge is 0.353 e. The van der Waals surface area contributed by atoms with E-state index in [9.17, 15) is 4.79 Å². The predicted molar refractivity (Wildman–Crippen MR) is 71.8 cm³/mol. The van der Waals surface area contributed by atoms with Gasteiger partial charge in [-0.15, -0.1) is 0 Å². The van der Waals surface area contributed by atoms with Crippen molar-refractivity contribution in [3.05, 3.63) is 40.9 Å². The standard InChI is InChI=1S/C13H17ClN2O/c14-12-6-3-11(4-7-12)5-8-13(17)16-10-2-1-9-15/h3-8H,1-2,9-10,15H2,(H,16,17)/b8-5+. The van der Waals surface area contributed by atoms with Gasteiger partial charge in [0.25, 0.3) is 0 Å². The Morgan fingerprint density at radius 2 is 2.00 bits per heavy atom. The van der Waals surface area contributed by atoms with E-state index < -0.39 is 0 Å². The summed E-state index contributed by atoms with van der Waals surface area (Å²) in [4.78, 5) is 11.4. The third kappa shape index (κ3) is 6.09. The molecule has 1 rings (SSSR count). The van der Waals surface area contributed by atoms with Gasteiger partial charge in [0.2, 0.25) is 5.91 Å². The molecule has 0 spiro atoms. The van der Waals surface area contributed by atoms with Crippen molar-refractivity contribution >= 4 is 23.6 Å². The van der Waals surface area contributed by atoms with Gasteiger partial charge in [0, 0.05) is 17.6 Å². The summed E-state index contributed by atoms with van der Waals surface area (Å²) in [6.07, 6.45) is 5.12. The smallest absolute Gasteiger partial charge is 0.243 e. The molecule has 1 aromatic rings. The minimum Gasteiger partial charge on any atom is -0.353 e. The Kier molecular flexibility index (Phi) is 6.37. The van der Waals surface area contributed by atoms with Gasteiger partial charge in [-0.1, -0.05) is 23.7 Å². The van der Waals surface area contributed by atoms with E-state index in [1.165, 1.54) is 6.08 Å². The maximum absolute atomic E-state index is 11.4. The third-order valence-corrected chi connectivity index (χ3v) is 2.48. The Hall–Kier alpha value is -1.32. The SMILES string of the molecule is NCCCCNC(=O)/C=C/c1ccc(Cl)cc1. The van der Waals surface area contributed by atoms with Crippen LogP contribution < -0.4 is 11.1 Å². The summed E-state index contributed by atoms with van der Waals surface area (Å²) in [7, 11) is 0. The Labute approximate surface area is 107 Å². The first-order valence-corrected chi connectivity index (χ1v) is 6.01. The van der Waals surface area contributed by atoms with Crippen LogP contribution in [0.25, 0.3) is 6.08 Å². The van der Waals surface area contributed by atoms with Crippen LogP contribution in [0.15, 0.2) is 30.3 Å². The molecule has 0 saturated heterocycles. The Morgan fingerprint density at radius 1 is 1.29 bits per heavy atom.